The number of hydrogen-bond donors (Lipinski definition) is 2. The van der Waals surface area contributed by atoms with E-state index >= 15 is 0 Å². The third-order valence-electron chi connectivity index (χ3n) is 2.67. The van der Waals surface area contributed by atoms with Crippen molar-refractivity contribution in [2.24, 2.45) is 5.92 Å². The average Bonchev–Trinajstić information content (AvgIpc) is 2.31. The summed E-state index contributed by atoms with van der Waals surface area (Å²) in [7, 11) is 0. The minimum atomic E-state index is -0.239. The first-order valence-electron chi connectivity index (χ1n) is 6.29. The van der Waals surface area contributed by atoms with Gasteiger partial charge in [-0.2, -0.15) is 4.98 Å². The number of rotatable bonds is 4. The standard InChI is InChI=1S/C14H16ClFN4/c1-8(2)5-9-3-4-10(6-11(9)16)18-13-7-12(15)19-14(17)20-13/h3-4,6-8H,5H2,1-2H3,(H3,17,18,19,20). The summed E-state index contributed by atoms with van der Waals surface area (Å²) >= 11 is 5.78. The van der Waals surface area contributed by atoms with E-state index in [9.17, 15) is 4.39 Å². The Morgan fingerprint density at radius 1 is 1.30 bits per heavy atom. The Balaban J connectivity index is 2.19. The van der Waals surface area contributed by atoms with E-state index in [0.29, 0.717) is 29.4 Å². The summed E-state index contributed by atoms with van der Waals surface area (Å²) in [5, 5.41) is 3.18. The second-order valence-electron chi connectivity index (χ2n) is 4.96. The first-order chi connectivity index (χ1) is 9.44. The molecule has 0 amide bonds. The van der Waals surface area contributed by atoms with Crippen LogP contribution in [0.5, 0.6) is 0 Å². The molecule has 0 atom stereocenters. The molecule has 0 aliphatic rings. The Bertz CT molecular complexity index is 596. The number of nitrogens with zero attached hydrogens (tertiary/aromatic N) is 2. The molecule has 0 aliphatic heterocycles. The van der Waals surface area contributed by atoms with Gasteiger partial charge >= 0.3 is 0 Å². The topological polar surface area (TPSA) is 63.8 Å². The second kappa shape index (κ2) is 6.05. The molecule has 3 N–H and O–H groups in total. The molecule has 20 heavy (non-hydrogen) atoms. The molecule has 0 bridgehead atoms. The predicted octanol–water partition coefficient (Wildman–Crippen LogP) is 3.79. The van der Waals surface area contributed by atoms with Gasteiger partial charge in [0.2, 0.25) is 5.95 Å². The molecule has 106 valence electrons. The molecule has 0 aliphatic carbocycles. The van der Waals surface area contributed by atoms with Crippen molar-refractivity contribution in [3.8, 4) is 0 Å². The lowest BCUT2D eigenvalue weighted by Gasteiger charge is -2.10. The summed E-state index contributed by atoms with van der Waals surface area (Å²) in [4.78, 5) is 7.74. The monoisotopic (exact) mass is 294 g/mol. The van der Waals surface area contributed by atoms with Crippen LogP contribution in [0.25, 0.3) is 0 Å². The molecule has 0 radical (unpaired) electrons. The Morgan fingerprint density at radius 3 is 2.65 bits per heavy atom. The number of nitrogens with one attached hydrogen (secondary N) is 1. The molecule has 0 saturated heterocycles. The van der Waals surface area contributed by atoms with Crippen molar-refractivity contribution in [3.05, 3.63) is 40.8 Å². The van der Waals surface area contributed by atoms with Crippen LogP contribution >= 0.6 is 11.6 Å². The molecule has 2 aromatic rings. The van der Waals surface area contributed by atoms with Crippen molar-refractivity contribution in [2.75, 3.05) is 11.1 Å². The van der Waals surface area contributed by atoms with Crippen LogP contribution in [-0.4, -0.2) is 9.97 Å². The van der Waals surface area contributed by atoms with E-state index in [1.165, 1.54) is 12.1 Å². The highest BCUT2D eigenvalue weighted by Gasteiger charge is 2.07. The van der Waals surface area contributed by atoms with Crippen LogP contribution in [-0.2, 0) is 6.42 Å². The maximum atomic E-state index is 13.9. The van der Waals surface area contributed by atoms with Crippen LogP contribution in [0, 0.1) is 11.7 Å². The molecule has 0 fully saturated rings. The normalized spacial score (nSPS) is 10.8. The van der Waals surface area contributed by atoms with Gasteiger partial charge in [0.25, 0.3) is 0 Å². The first kappa shape index (κ1) is 14.5. The molecule has 0 saturated carbocycles. The van der Waals surface area contributed by atoms with Gasteiger partial charge in [0.15, 0.2) is 0 Å². The number of benzene rings is 1. The van der Waals surface area contributed by atoms with Crippen LogP contribution < -0.4 is 11.1 Å². The lowest BCUT2D eigenvalue weighted by molar-refractivity contribution is 0.574. The predicted molar refractivity (Wildman–Crippen MR) is 79.7 cm³/mol. The molecule has 1 aromatic carbocycles. The summed E-state index contributed by atoms with van der Waals surface area (Å²) in [5.74, 6) is 0.663. The van der Waals surface area contributed by atoms with Gasteiger partial charge in [0.05, 0.1) is 0 Å². The number of aromatic nitrogens is 2. The van der Waals surface area contributed by atoms with Crippen LogP contribution in [0.2, 0.25) is 5.15 Å². The lowest BCUT2D eigenvalue weighted by Crippen LogP contribution is -2.02. The van der Waals surface area contributed by atoms with E-state index in [-0.39, 0.29) is 16.9 Å². The summed E-state index contributed by atoms with van der Waals surface area (Å²) < 4.78 is 13.9. The van der Waals surface area contributed by atoms with Gasteiger partial charge in [0.1, 0.15) is 16.8 Å². The van der Waals surface area contributed by atoms with E-state index < -0.39 is 0 Å². The lowest BCUT2D eigenvalue weighted by atomic mass is 10.0. The van der Waals surface area contributed by atoms with Crippen molar-refractivity contribution in [2.45, 2.75) is 20.3 Å². The maximum absolute atomic E-state index is 13.9. The van der Waals surface area contributed by atoms with Crippen molar-refractivity contribution in [3.63, 3.8) is 0 Å². The van der Waals surface area contributed by atoms with Gasteiger partial charge in [-0.1, -0.05) is 31.5 Å². The fourth-order valence-electron chi connectivity index (χ4n) is 1.88. The van der Waals surface area contributed by atoms with E-state index in [1.54, 1.807) is 12.1 Å². The SMILES string of the molecule is CC(C)Cc1ccc(Nc2cc(Cl)nc(N)n2)cc1F. The number of anilines is 3. The number of halogens is 2. The minimum Gasteiger partial charge on any atom is -0.368 e. The van der Waals surface area contributed by atoms with Crippen molar-refractivity contribution in [1.29, 1.82) is 0 Å². The molecule has 1 aromatic heterocycles. The summed E-state index contributed by atoms with van der Waals surface area (Å²) in [6.07, 6.45) is 0.707. The highest BCUT2D eigenvalue weighted by molar-refractivity contribution is 6.29. The minimum absolute atomic E-state index is 0.0666. The number of hydrogen-bond acceptors (Lipinski definition) is 4. The smallest absolute Gasteiger partial charge is 0.223 e. The molecule has 6 heteroatoms. The highest BCUT2D eigenvalue weighted by Crippen LogP contribution is 2.21. The van der Waals surface area contributed by atoms with E-state index in [4.69, 9.17) is 17.3 Å². The van der Waals surface area contributed by atoms with Gasteiger partial charge in [-0.25, -0.2) is 9.37 Å². The zero-order valence-electron chi connectivity index (χ0n) is 11.3. The quantitative estimate of drug-likeness (QED) is 0.842. The number of nitrogen functional groups attached to an aromatic ring is 1. The van der Waals surface area contributed by atoms with Gasteiger partial charge in [-0.05, 0) is 30.0 Å². The van der Waals surface area contributed by atoms with Crippen LogP contribution in [0.4, 0.5) is 21.8 Å². The first-order valence-corrected chi connectivity index (χ1v) is 6.67. The van der Waals surface area contributed by atoms with Gasteiger partial charge in [-0.15, -0.1) is 0 Å². The van der Waals surface area contributed by atoms with Crippen molar-refractivity contribution in [1.82, 2.24) is 9.97 Å². The summed E-state index contributed by atoms with van der Waals surface area (Å²) in [6, 6.07) is 6.53. The second-order valence-corrected chi connectivity index (χ2v) is 5.35. The van der Waals surface area contributed by atoms with Crippen LogP contribution in [0.3, 0.4) is 0 Å². The molecule has 1 heterocycles. The molecule has 2 rings (SSSR count). The Kier molecular flexibility index (Phi) is 4.39. The third kappa shape index (κ3) is 3.81. The third-order valence-corrected chi connectivity index (χ3v) is 2.86. The van der Waals surface area contributed by atoms with Gasteiger partial charge in [-0.3, -0.25) is 0 Å². The van der Waals surface area contributed by atoms with Gasteiger partial charge in [0, 0.05) is 11.8 Å². The Morgan fingerprint density at radius 2 is 2.05 bits per heavy atom. The zero-order valence-corrected chi connectivity index (χ0v) is 12.1. The van der Waals surface area contributed by atoms with Gasteiger partial charge < -0.3 is 11.1 Å². The fourth-order valence-corrected chi connectivity index (χ4v) is 2.07. The van der Waals surface area contributed by atoms with E-state index in [2.05, 4.69) is 29.1 Å². The van der Waals surface area contributed by atoms with E-state index in [0.717, 1.165) is 0 Å². The fraction of sp³-hybridized carbons (Fsp3) is 0.286. The molecule has 0 unspecified atom stereocenters. The zero-order chi connectivity index (χ0) is 14.7. The number of nitrogens with two attached hydrogens (primary N) is 1. The molecule has 0 spiro atoms. The molecular formula is C14H16ClFN4. The molecular weight excluding hydrogens is 279 g/mol. The van der Waals surface area contributed by atoms with Crippen molar-refractivity contribution < 1.29 is 4.39 Å². The molecule has 4 nitrogen and oxygen atoms in total. The maximum Gasteiger partial charge on any atom is 0.223 e. The highest BCUT2D eigenvalue weighted by atomic mass is 35.5. The Hall–Kier alpha value is -1.88. The average molecular weight is 295 g/mol. The van der Waals surface area contributed by atoms with Crippen LogP contribution in [0.1, 0.15) is 19.4 Å². The summed E-state index contributed by atoms with van der Waals surface area (Å²) in [5.41, 5.74) is 6.79. The Labute approximate surface area is 122 Å². The largest absolute Gasteiger partial charge is 0.368 e. The van der Waals surface area contributed by atoms with Crippen molar-refractivity contribution >= 4 is 29.1 Å². The van der Waals surface area contributed by atoms with Crippen LogP contribution in [0.15, 0.2) is 24.3 Å². The van der Waals surface area contributed by atoms with E-state index in [1.807, 2.05) is 0 Å². The summed E-state index contributed by atoms with van der Waals surface area (Å²) in [6.45, 7) is 4.11.